The molecule has 2 aliphatic rings. The van der Waals surface area contributed by atoms with Crippen molar-refractivity contribution in [2.24, 2.45) is 0 Å². The normalized spacial score (nSPS) is 18.5. The van der Waals surface area contributed by atoms with Gasteiger partial charge in [-0.15, -0.1) is 11.3 Å². The van der Waals surface area contributed by atoms with E-state index in [4.69, 9.17) is 0 Å². The molecule has 9 heteroatoms. The largest absolute Gasteiger partial charge is 0.322 e. The molecular weight excluding hydrogens is 404 g/mol. The number of benzene rings is 2. The van der Waals surface area contributed by atoms with Crippen LogP contribution in [0.5, 0.6) is 0 Å². The summed E-state index contributed by atoms with van der Waals surface area (Å²) in [5, 5.41) is 5.47. The van der Waals surface area contributed by atoms with E-state index in [0.717, 1.165) is 15.8 Å². The molecule has 1 aromatic heterocycles. The van der Waals surface area contributed by atoms with Crippen LogP contribution in [-0.2, 0) is 16.1 Å². The molecule has 5 rings (SSSR count). The fourth-order valence-electron chi connectivity index (χ4n) is 3.81. The van der Waals surface area contributed by atoms with Crippen molar-refractivity contribution in [1.29, 1.82) is 0 Å². The van der Waals surface area contributed by atoms with Crippen LogP contribution in [0.4, 0.5) is 5.69 Å². The molecule has 0 aliphatic carbocycles. The van der Waals surface area contributed by atoms with Crippen molar-refractivity contribution in [3.05, 3.63) is 58.6 Å². The number of hydrogen-bond acceptors (Lipinski definition) is 6. The van der Waals surface area contributed by atoms with E-state index in [1.807, 2.05) is 24.3 Å². The minimum Gasteiger partial charge on any atom is -0.322 e. The molecule has 3 heterocycles. The Morgan fingerprint density at radius 2 is 2.00 bits per heavy atom. The van der Waals surface area contributed by atoms with Gasteiger partial charge in [0.2, 0.25) is 11.8 Å². The van der Waals surface area contributed by atoms with Crippen LogP contribution in [0, 0.1) is 0 Å². The highest BCUT2D eigenvalue weighted by atomic mass is 32.1. The average Bonchev–Trinajstić information content (AvgIpc) is 3.29. The summed E-state index contributed by atoms with van der Waals surface area (Å²) in [5.74, 6) is -1.33. The third kappa shape index (κ3) is 3.13. The first-order valence-corrected chi connectivity index (χ1v) is 10.3. The SMILES string of the molecule is O=C1CCC(N2Cc3cc(NC(=O)c4nc5ccccc5s4)ccc3C2=O)C(=O)N1. The van der Waals surface area contributed by atoms with Gasteiger partial charge in [0.15, 0.2) is 5.01 Å². The van der Waals surface area contributed by atoms with Crippen molar-refractivity contribution < 1.29 is 19.2 Å². The predicted molar refractivity (Wildman–Crippen MR) is 110 cm³/mol. The van der Waals surface area contributed by atoms with Crippen LogP contribution in [0.3, 0.4) is 0 Å². The number of thiazole rings is 1. The van der Waals surface area contributed by atoms with Gasteiger partial charge in [0.05, 0.1) is 10.2 Å². The average molecular weight is 420 g/mol. The number of para-hydroxylation sites is 1. The predicted octanol–water partition coefficient (Wildman–Crippen LogP) is 2.31. The van der Waals surface area contributed by atoms with E-state index < -0.39 is 11.9 Å². The molecular formula is C21H16N4O4S. The Kier molecular flexibility index (Phi) is 4.32. The Hall–Kier alpha value is -3.59. The molecule has 0 spiro atoms. The third-order valence-electron chi connectivity index (χ3n) is 5.27. The van der Waals surface area contributed by atoms with Crippen molar-refractivity contribution in [1.82, 2.24) is 15.2 Å². The number of nitrogens with one attached hydrogen (secondary N) is 2. The number of fused-ring (bicyclic) bond motifs is 2. The summed E-state index contributed by atoms with van der Waals surface area (Å²) < 4.78 is 0.932. The van der Waals surface area contributed by atoms with Gasteiger partial charge in [-0.1, -0.05) is 12.1 Å². The summed E-state index contributed by atoms with van der Waals surface area (Å²) in [6.45, 7) is 0.255. The molecule has 0 bridgehead atoms. The van der Waals surface area contributed by atoms with E-state index in [9.17, 15) is 19.2 Å². The lowest BCUT2D eigenvalue weighted by Crippen LogP contribution is -2.52. The molecule has 1 atom stereocenters. The standard InChI is InChI=1S/C21H16N4O4S/c26-17-8-7-15(18(27)24-17)25-10-11-9-12(5-6-13(11)21(25)29)22-19(28)20-23-14-3-1-2-4-16(14)30-20/h1-6,9,15H,7-8,10H2,(H,22,28)(H,24,26,27). The number of carbonyl (C=O) groups excluding carboxylic acids is 4. The number of hydrogen-bond donors (Lipinski definition) is 2. The zero-order valence-corrected chi connectivity index (χ0v) is 16.5. The molecule has 0 saturated carbocycles. The van der Waals surface area contributed by atoms with Gasteiger partial charge in [0.25, 0.3) is 11.8 Å². The highest BCUT2D eigenvalue weighted by Gasteiger charge is 2.39. The molecule has 3 aromatic rings. The molecule has 0 radical (unpaired) electrons. The highest BCUT2D eigenvalue weighted by Crippen LogP contribution is 2.30. The van der Waals surface area contributed by atoms with Crippen molar-refractivity contribution >= 4 is 50.9 Å². The zero-order valence-electron chi connectivity index (χ0n) is 15.7. The summed E-state index contributed by atoms with van der Waals surface area (Å²) in [5.41, 5.74) is 2.55. The van der Waals surface area contributed by atoms with Crippen LogP contribution in [0.2, 0.25) is 0 Å². The number of imide groups is 1. The maximum absolute atomic E-state index is 12.7. The van der Waals surface area contributed by atoms with Gasteiger partial charge in [-0.25, -0.2) is 4.98 Å². The monoisotopic (exact) mass is 420 g/mol. The summed E-state index contributed by atoms with van der Waals surface area (Å²) >= 11 is 1.31. The molecule has 30 heavy (non-hydrogen) atoms. The summed E-state index contributed by atoms with van der Waals surface area (Å²) in [6.07, 6.45) is 0.519. The van der Waals surface area contributed by atoms with E-state index >= 15 is 0 Å². The number of carbonyl (C=O) groups is 4. The van der Waals surface area contributed by atoms with E-state index in [-0.39, 0.29) is 30.7 Å². The van der Waals surface area contributed by atoms with Gasteiger partial charge < -0.3 is 10.2 Å². The second-order valence-corrected chi connectivity index (χ2v) is 8.24. The Bertz CT molecular complexity index is 1200. The quantitative estimate of drug-likeness (QED) is 0.632. The molecule has 2 N–H and O–H groups in total. The Morgan fingerprint density at radius 1 is 1.17 bits per heavy atom. The van der Waals surface area contributed by atoms with Crippen molar-refractivity contribution in [2.45, 2.75) is 25.4 Å². The number of anilines is 1. The molecule has 1 unspecified atom stereocenters. The third-order valence-corrected chi connectivity index (χ3v) is 6.30. The molecule has 8 nitrogen and oxygen atoms in total. The lowest BCUT2D eigenvalue weighted by Gasteiger charge is -2.29. The lowest BCUT2D eigenvalue weighted by atomic mass is 10.0. The summed E-state index contributed by atoms with van der Waals surface area (Å²) in [7, 11) is 0. The molecule has 1 saturated heterocycles. The van der Waals surface area contributed by atoms with Crippen LogP contribution in [-0.4, -0.2) is 39.6 Å². The fourth-order valence-corrected chi connectivity index (χ4v) is 4.67. The van der Waals surface area contributed by atoms with Crippen LogP contribution in [0.15, 0.2) is 42.5 Å². The Balaban J connectivity index is 1.34. The Labute approximate surface area is 174 Å². The number of rotatable bonds is 3. The van der Waals surface area contributed by atoms with E-state index in [1.165, 1.54) is 16.2 Å². The second kappa shape index (κ2) is 7.03. The van der Waals surface area contributed by atoms with E-state index in [2.05, 4.69) is 15.6 Å². The van der Waals surface area contributed by atoms with Gasteiger partial charge in [-0.3, -0.25) is 24.5 Å². The van der Waals surface area contributed by atoms with Crippen molar-refractivity contribution in [3.8, 4) is 0 Å². The molecule has 2 aliphatic heterocycles. The van der Waals surface area contributed by atoms with Crippen molar-refractivity contribution in [3.63, 3.8) is 0 Å². The fraction of sp³-hybridized carbons (Fsp3) is 0.190. The van der Waals surface area contributed by atoms with Crippen LogP contribution >= 0.6 is 11.3 Å². The number of nitrogens with zero attached hydrogens (tertiary/aromatic N) is 2. The highest BCUT2D eigenvalue weighted by molar-refractivity contribution is 7.20. The maximum atomic E-state index is 12.7. The van der Waals surface area contributed by atoms with Gasteiger partial charge >= 0.3 is 0 Å². The number of aromatic nitrogens is 1. The summed E-state index contributed by atoms with van der Waals surface area (Å²) in [6, 6.07) is 11.9. The van der Waals surface area contributed by atoms with Gasteiger partial charge in [-0.05, 0) is 42.3 Å². The minimum absolute atomic E-state index is 0.208. The van der Waals surface area contributed by atoms with E-state index in [0.29, 0.717) is 22.7 Å². The van der Waals surface area contributed by atoms with E-state index in [1.54, 1.807) is 18.2 Å². The topological polar surface area (TPSA) is 108 Å². The number of amides is 4. The van der Waals surface area contributed by atoms with Crippen LogP contribution in [0.1, 0.15) is 38.6 Å². The first-order valence-electron chi connectivity index (χ1n) is 9.44. The van der Waals surface area contributed by atoms with Crippen molar-refractivity contribution in [2.75, 3.05) is 5.32 Å². The zero-order chi connectivity index (χ0) is 20.8. The van der Waals surface area contributed by atoms with Gasteiger partial charge in [0.1, 0.15) is 6.04 Å². The Morgan fingerprint density at radius 3 is 2.80 bits per heavy atom. The second-order valence-electron chi connectivity index (χ2n) is 7.21. The number of piperidine rings is 1. The maximum Gasteiger partial charge on any atom is 0.284 e. The minimum atomic E-state index is -0.664. The van der Waals surface area contributed by atoms with Gasteiger partial charge in [-0.2, -0.15) is 0 Å². The molecule has 4 amide bonds. The molecule has 1 fully saturated rings. The lowest BCUT2D eigenvalue weighted by molar-refractivity contribution is -0.136. The van der Waals surface area contributed by atoms with Crippen LogP contribution < -0.4 is 10.6 Å². The van der Waals surface area contributed by atoms with Crippen LogP contribution in [0.25, 0.3) is 10.2 Å². The molecule has 2 aromatic carbocycles. The first-order chi connectivity index (χ1) is 14.5. The molecule has 150 valence electrons. The first kappa shape index (κ1) is 18.4. The summed E-state index contributed by atoms with van der Waals surface area (Å²) in [4.78, 5) is 54.7. The van der Waals surface area contributed by atoms with Gasteiger partial charge in [0, 0.05) is 24.2 Å². The smallest absolute Gasteiger partial charge is 0.284 e.